The number of hydrogen-bond donors (Lipinski definition) is 0. The minimum absolute atomic E-state index is 0.587. The summed E-state index contributed by atoms with van der Waals surface area (Å²) in [5.41, 5.74) is 8.52. The van der Waals surface area contributed by atoms with Gasteiger partial charge in [0.1, 0.15) is 22.7 Å². The minimum Gasteiger partial charge on any atom is -0.456 e. The molecule has 1 spiro atoms. The molecule has 0 fully saturated rings. The number of rotatable bonds is 3. The molecule has 0 unspecified atom stereocenters. The van der Waals surface area contributed by atoms with E-state index in [9.17, 15) is 0 Å². The van der Waals surface area contributed by atoms with E-state index in [2.05, 4.69) is 115 Å². The van der Waals surface area contributed by atoms with Crippen molar-refractivity contribution in [2.24, 2.45) is 0 Å². The standard InChI is InChI=1S/C50H31N3O2S/c1-2-15-30(16-3-1)47-51-48(34-20-14-26-42-45(34)33-19-6-10-24-40(33)54-42)53-49(52-47)35-29-39-46(32-18-5-4-17-31(32)35)55-41-25-11-7-21-36(41)50(39)37-22-8-12-27-43(37)56-44-28-13-9-23-38(44)50/h1-6,8-10,12-29H,7,11H2. The van der Waals surface area contributed by atoms with Crippen LogP contribution in [0.1, 0.15) is 29.5 Å². The summed E-state index contributed by atoms with van der Waals surface area (Å²) in [5, 5.41) is 4.04. The third-order valence-corrected chi connectivity index (χ3v) is 12.6. The number of furan rings is 1. The van der Waals surface area contributed by atoms with E-state index in [1.54, 1.807) is 0 Å². The number of nitrogens with zero attached hydrogens (tertiary/aromatic N) is 3. The first kappa shape index (κ1) is 31.6. The Hall–Kier alpha value is -6.76. The zero-order valence-electron chi connectivity index (χ0n) is 30.1. The molecule has 12 rings (SSSR count). The fraction of sp³-hybridized carbons (Fsp3) is 0.0600. The van der Waals surface area contributed by atoms with Crippen LogP contribution in [0.3, 0.4) is 0 Å². The van der Waals surface area contributed by atoms with Crippen molar-refractivity contribution in [3.8, 4) is 39.9 Å². The van der Waals surface area contributed by atoms with Crippen molar-refractivity contribution in [3.05, 3.63) is 192 Å². The number of ether oxygens (including phenoxy) is 1. The highest BCUT2D eigenvalue weighted by Gasteiger charge is 2.52. The zero-order valence-corrected chi connectivity index (χ0v) is 30.9. The molecule has 0 amide bonds. The number of hydrogen-bond acceptors (Lipinski definition) is 6. The molecule has 0 radical (unpaired) electrons. The molecule has 9 aromatic rings. The summed E-state index contributed by atoms with van der Waals surface area (Å²) in [4.78, 5) is 18.4. The molecule has 5 nitrogen and oxygen atoms in total. The molecule has 4 heterocycles. The van der Waals surface area contributed by atoms with Crippen molar-refractivity contribution in [3.63, 3.8) is 0 Å². The van der Waals surface area contributed by atoms with Gasteiger partial charge >= 0.3 is 0 Å². The maximum Gasteiger partial charge on any atom is 0.164 e. The van der Waals surface area contributed by atoms with E-state index in [0.717, 1.165) is 79.3 Å². The molecule has 0 atom stereocenters. The normalized spacial score (nSPS) is 15.1. The van der Waals surface area contributed by atoms with Crippen LogP contribution < -0.4 is 4.74 Å². The van der Waals surface area contributed by atoms with E-state index in [4.69, 9.17) is 24.1 Å². The number of fused-ring (bicyclic) bond motifs is 13. The van der Waals surface area contributed by atoms with Gasteiger partial charge < -0.3 is 9.15 Å². The molecule has 0 saturated carbocycles. The van der Waals surface area contributed by atoms with Crippen molar-refractivity contribution in [2.75, 3.05) is 0 Å². The Morgan fingerprint density at radius 1 is 0.500 bits per heavy atom. The van der Waals surface area contributed by atoms with Gasteiger partial charge in [0.15, 0.2) is 17.5 Å². The van der Waals surface area contributed by atoms with Crippen LogP contribution in [0.4, 0.5) is 0 Å². The van der Waals surface area contributed by atoms with E-state index in [-0.39, 0.29) is 0 Å². The first-order valence-electron chi connectivity index (χ1n) is 19.0. The van der Waals surface area contributed by atoms with Crippen LogP contribution >= 0.6 is 11.8 Å². The van der Waals surface area contributed by atoms with Gasteiger partial charge in [-0.2, -0.15) is 0 Å². The van der Waals surface area contributed by atoms with Crippen LogP contribution in [-0.2, 0) is 5.41 Å². The number of aromatic nitrogens is 3. The second-order valence-electron chi connectivity index (χ2n) is 14.5. The molecule has 2 aliphatic heterocycles. The number of para-hydroxylation sites is 1. The second kappa shape index (κ2) is 12.1. The molecule has 0 bridgehead atoms. The predicted molar refractivity (Wildman–Crippen MR) is 224 cm³/mol. The highest BCUT2D eigenvalue weighted by atomic mass is 32.2. The molecule has 264 valence electrons. The topological polar surface area (TPSA) is 61.0 Å². The Balaban J connectivity index is 1.20. The smallest absolute Gasteiger partial charge is 0.164 e. The van der Waals surface area contributed by atoms with Gasteiger partial charge in [-0.3, -0.25) is 0 Å². The summed E-state index contributed by atoms with van der Waals surface area (Å²) in [6, 6.07) is 53.0. The molecular formula is C50H31N3O2S. The lowest BCUT2D eigenvalue weighted by Gasteiger charge is -2.47. The lowest BCUT2D eigenvalue weighted by molar-refractivity contribution is 0.383. The van der Waals surface area contributed by atoms with Crippen LogP contribution in [0.2, 0.25) is 0 Å². The third-order valence-electron chi connectivity index (χ3n) is 11.5. The number of allylic oxidation sites excluding steroid dienone is 3. The average molecular weight is 738 g/mol. The molecule has 3 aliphatic rings. The van der Waals surface area contributed by atoms with E-state index < -0.39 is 5.41 Å². The van der Waals surface area contributed by atoms with Crippen molar-refractivity contribution in [1.82, 2.24) is 15.0 Å². The lowest BCUT2D eigenvalue weighted by Crippen LogP contribution is -2.40. The Kier molecular flexibility index (Phi) is 6.83. The molecular weight excluding hydrogens is 707 g/mol. The summed E-state index contributed by atoms with van der Waals surface area (Å²) < 4.78 is 13.4. The van der Waals surface area contributed by atoms with E-state index in [0.29, 0.717) is 17.5 Å². The highest BCUT2D eigenvalue weighted by molar-refractivity contribution is 7.99. The maximum atomic E-state index is 7.09. The molecule has 0 saturated heterocycles. The summed E-state index contributed by atoms with van der Waals surface area (Å²) in [7, 11) is 0. The minimum atomic E-state index is -0.628. The fourth-order valence-electron chi connectivity index (χ4n) is 9.13. The van der Waals surface area contributed by atoms with Crippen molar-refractivity contribution in [1.29, 1.82) is 0 Å². The monoisotopic (exact) mass is 737 g/mol. The van der Waals surface area contributed by atoms with Gasteiger partial charge in [0.05, 0.1) is 5.41 Å². The zero-order chi connectivity index (χ0) is 36.8. The van der Waals surface area contributed by atoms with E-state index >= 15 is 0 Å². The summed E-state index contributed by atoms with van der Waals surface area (Å²) >= 11 is 1.84. The van der Waals surface area contributed by atoms with E-state index in [1.807, 2.05) is 60.3 Å². The first-order valence-corrected chi connectivity index (χ1v) is 19.8. The van der Waals surface area contributed by atoms with Crippen molar-refractivity contribution >= 4 is 44.5 Å². The molecule has 56 heavy (non-hydrogen) atoms. The van der Waals surface area contributed by atoms with Gasteiger partial charge in [0.25, 0.3) is 0 Å². The maximum absolute atomic E-state index is 7.09. The fourth-order valence-corrected chi connectivity index (χ4v) is 10.3. The van der Waals surface area contributed by atoms with Crippen LogP contribution in [0.5, 0.6) is 5.75 Å². The predicted octanol–water partition coefficient (Wildman–Crippen LogP) is 12.7. The largest absolute Gasteiger partial charge is 0.456 e. The van der Waals surface area contributed by atoms with Crippen LogP contribution in [-0.4, -0.2) is 15.0 Å². The van der Waals surface area contributed by atoms with Gasteiger partial charge in [-0.15, -0.1) is 0 Å². The molecule has 7 aromatic carbocycles. The number of benzene rings is 7. The molecule has 2 aromatic heterocycles. The molecule has 1 aliphatic carbocycles. The summed E-state index contributed by atoms with van der Waals surface area (Å²) in [6.45, 7) is 0. The van der Waals surface area contributed by atoms with Crippen LogP contribution in [0, 0.1) is 0 Å². The quantitative estimate of drug-likeness (QED) is 0.180. The van der Waals surface area contributed by atoms with Crippen LogP contribution in [0.25, 0.3) is 66.9 Å². The Labute approximate surface area is 327 Å². The van der Waals surface area contributed by atoms with Gasteiger partial charge in [0.2, 0.25) is 0 Å². The Morgan fingerprint density at radius 3 is 1.93 bits per heavy atom. The first-order chi connectivity index (χ1) is 27.8. The third kappa shape index (κ3) is 4.47. The molecule has 0 N–H and O–H groups in total. The summed E-state index contributed by atoms with van der Waals surface area (Å²) in [5.74, 6) is 3.60. The van der Waals surface area contributed by atoms with Gasteiger partial charge in [-0.1, -0.05) is 139 Å². The summed E-state index contributed by atoms with van der Waals surface area (Å²) in [6.07, 6.45) is 6.57. The average Bonchev–Trinajstić information content (AvgIpc) is 3.65. The highest BCUT2D eigenvalue weighted by Crippen LogP contribution is 2.63. The van der Waals surface area contributed by atoms with Crippen molar-refractivity contribution in [2.45, 2.75) is 28.0 Å². The van der Waals surface area contributed by atoms with E-state index in [1.165, 1.54) is 26.5 Å². The van der Waals surface area contributed by atoms with Crippen LogP contribution in [0.15, 0.2) is 189 Å². The lowest BCUT2D eigenvalue weighted by atomic mass is 9.61. The van der Waals surface area contributed by atoms with Gasteiger partial charge in [-0.05, 0) is 65.8 Å². The van der Waals surface area contributed by atoms with Crippen molar-refractivity contribution < 1.29 is 9.15 Å². The molecule has 6 heteroatoms. The van der Waals surface area contributed by atoms with Gasteiger partial charge in [-0.25, -0.2) is 15.0 Å². The van der Waals surface area contributed by atoms with Gasteiger partial charge in [0, 0.05) is 53.8 Å². The Bertz CT molecular complexity index is 3120. The Morgan fingerprint density at radius 2 is 1.12 bits per heavy atom. The second-order valence-corrected chi connectivity index (χ2v) is 15.6. The SMILES string of the molecule is C1=C2Oc3c(cc(-c4nc(-c5ccccc5)nc(-c5cccc6oc7ccccc7c56)n4)c4ccccc34)C3(C2=CCC1)c1ccccc1Sc1ccccc13.